The quantitative estimate of drug-likeness (QED) is 0.225. The third kappa shape index (κ3) is 7.72. The second kappa shape index (κ2) is 14.4. The highest BCUT2D eigenvalue weighted by molar-refractivity contribution is 5.97. The van der Waals surface area contributed by atoms with Gasteiger partial charge in [-0.05, 0) is 24.5 Å². The van der Waals surface area contributed by atoms with Crippen molar-refractivity contribution in [1.29, 1.82) is 5.41 Å². The molecule has 2 aromatic heterocycles. The first kappa shape index (κ1) is 33.0. The van der Waals surface area contributed by atoms with E-state index in [1.807, 2.05) is 33.8 Å². The lowest BCUT2D eigenvalue weighted by Crippen LogP contribution is -2.29. The summed E-state index contributed by atoms with van der Waals surface area (Å²) in [4.78, 5) is 13.5. The van der Waals surface area contributed by atoms with Gasteiger partial charge in [-0.25, -0.2) is 4.68 Å². The molecular weight excluding hydrogens is 542 g/mol. The van der Waals surface area contributed by atoms with Crippen molar-refractivity contribution in [3.63, 3.8) is 0 Å². The number of rotatable bonds is 14. The van der Waals surface area contributed by atoms with E-state index in [0.29, 0.717) is 55.0 Å². The van der Waals surface area contributed by atoms with E-state index in [1.54, 1.807) is 40.6 Å². The van der Waals surface area contributed by atoms with Crippen LogP contribution in [0.3, 0.4) is 0 Å². The maximum absolute atomic E-state index is 13.5. The van der Waals surface area contributed by atoms with E-state index in [0.717, 1.165) is 11.1 Å². The Morgan fingerprint density at radius 1 is 1.00 bits per heavy atom. The second-order valence-corrected chi connectivity index (χ2v) is 10.1. The Hall–Kier alpha value is -3.19. The monoisotopic (exact) mass is 581 g/mol. The van der Waals surface area contributed by atoms with Crippen LogP contribution < -0.4 is 19.8 Å². The van der Waals surface area contributed by atoms with Crippen LogP contribution in [-0.4, -0.2) is 86.1 Å². The molecule has 3 rings (SSSR count). The number of halogens is 1. The van der Waals surface area contributed by atoms with E-state index in [9.17, 15) is 4.79 Å². The summed E-state index contributed by atoms with van der Waals surface area (Å²) in [6.07, 6.45) is -0.372. The van der Waals surface area contributed by atoms with Crippen molar-refractivity contribution in [3.8, 4) is 17.4 Å². The van der Waals surface area contributed by atoms with Crippen molar-refractivity contribution in [1.82, 2.24) is 19.4 Å². The highest BCUT2D eigenvalue weighted by Crippen LogP contribution is 2.40. The Kier molecular flexibility index (Phi) is 11.9. The SMILES string of the molecule is COCCOc1cc(C(=O)Cn2nc3c(C)cc(OC(COC)COC)nn3c2=N)cc(C(C)(C)C)c1OC.Cl. The van der Waals surface area contributed by atoms with Gasteiger partial charge in [0.1, 0.15) is 19.3 Å². The fraction of sp³-hybridized carbons (Fsp3) is 0.556. The first-order valence-corrected chi connectivity index (χ1v) is 12.6. The molecule has 0 spiro atoms. The second-order valence-electron chi connectivity index (χ2n) is 10.1. The van der Waals surface area contributed by atoms with Crippen molar-refractivity contribution in [2.24, 2.45) is 0 Å². The molecule has 0 aliphatic carbocycles. The van der Waals surface area contributed by atoms with Crippen LogP contribution in [-0.2, 0) is 26.2 Å². The number of ketones is 1. The van der Waals surface area contributed by atoms with Crippen LogP contribution in [0.2, 0.25) is 0 Å². The Labute approximate surface area is 240 Å². The summed E-state index contributed by atoms with van der Waals surface area (Å²) in [6, 6.07) is 5.20. The van der Waals surface area contributed by atoms with Gasteiger partial charge in [-0.2, -0.15) is 4.52 Å². The normalized spacial score (nSPS) is 11.5. The van der Waals surface area contributed by atoms with Crippen LogP contribution in [0.15, 0.2) is 18.2 Å². The molecule has 13 heteroatoms. The number of hydrogen-bond acceptors (Lipinski definition) is 10. The molecule has 0 saturated heterocycles. The van der Waals surface area contributed by atoms with Crippen molar-refractivity contribution in [2.45, 2.75) is 45.8 Å². The van der Waals surface area contributed by atoms with Gasteiger partial charge >= 0.3 is 0 Å². The number of benzene rings is 1. The molecule has 0 amide bonds. The Morgan fingerprint density at radius 2 is 1.68 bits per heavy atom. The average Bonchev–Trinajstić information content (AvgIpc) is 3.19. The molecule has 0 saturated carbocycles. The van der Waals surface area contributed by atoms with Gasteiger partial charge in [0.05, 0.1) is 26.9 Å². The van der Waals surface area contributed by atoms with E-state index in [1.165, 1.54) is 9.20 Å². The summed E-state index contributed by atoms with van der Waals surface area (Å²) in [5.41, 5.74) is 2.05. The molecule has 1 aromatic carbocycles. The molecule has 0 aliphatic rings. The number of ether oxygens (including phenoxy) is 6. The molecule has 40 heavy (non-hydrogen) atoms. The molecule has 0 fully saturated rings. The molecule has 0 bridgehead atoms. The number of hydrogen-bond donors (Lipinski definition) is 1. The fourth-order valence-corrected chi connectivity index (χ4v) is 4.06. The number of carbonyl (C=O) groups is 1. The van der Waals surface area contributed by atoms with Gasteiger partial charge < -0.3 is 28.4 Å². The number of methoxy groups -OCH3 is 4. The van der Waals surface area contributed by atoms with E-state index in [4.69, 9.17) is 33.8 Å². The van der Waals surface area contributed by atoms with Crippen LogP contribution in [0.25, 0.3) is 5.65 Å². The molecule has 222 valence electrons. The third-order valence-electron chi connectivity index (χ3n) is 5.97. The van der Waals surface area contributed by atoms with Gasteiger partial charge in [-0.1, -0.05) is 20.8 Å². The van der Waals surface area contributed by atoms with Crippen LogP contribution >= 0.6 is 12.4 Å². The molecule has 1 N–H and O–H groups in total. The van der Waals surface area contributed by atoms with Crippen LogP contribution in [0.1, 0.15) is 42.3 Å². The van der Waals surface area contributed by atoms with E-state index >= 15 is 0 Å². The van der Waals surface area contributed by atoms with E-state index in [-0.39, 0.29) is 41.9 Å². The zero-order valence-corrected chi connectivity index (χ0v) is 25.2. The standard InChI is InChI=1S/C27H39N5O7.ClH/c1-17-11-23(39-19(15-35-6)16-36-7)29-32-25(17)30-31(26(32)28)14-21(33)18-12-20(27(2,3)4)24(37-8)22(13-18)38-10-9-34-5;/h11-13,19,28H,9-10,14-16H2,1-8H3;1H. The third-order valence-corrected chi connectivity index (χ3v) is 5.97. The largest absolute Gasteiger partial charge is 0.493 e. The van der Waals surface area contributed by atoms with Gasteiger partial charge in [0.2, 0.25) is 11.5 Å². The average molecular weight is 582 g/mol. The zero-order chi connectivity index (χ0) is 28.7. The number of fused-ring (bicyclic) bond motifs is 1. The zero-order valence-electron chi connectivity index (χ0n) is 24.4. The summed E-state index contributed by atoms with van der Waals surface area (Å²) in [5.74, 6) is 1.09. The van der Waals surface area contributed by atoms with Crippen molar-refractivity contribution in [3.05, 3.63) is 40.5 Å². The van der Waals surface area contributed by atoms with Crippen molar-refractivity contribution in [2.75, 3.05) is 54.9 Å². The topological polar surface area (TPSA) is 131 Å². The Bertz CT molecular complexity index is 1340. The number of carbonyl (C=O) groups excluding carboxylic acids is 1. The number of nitrogens with one attached hydrogen (secondary N) is 1. The Balaban J connectivity index is 0.00000560. The molecule has 2 heterocycles. The lowest BCUT2D eigenvalue weighted by atomic mass is 9.84. The number of aromatic nitrogens is 4. The summed E-state index contributed by atoms with van der Waals surface area (Å²) >= 11 is 0. The molecule has 0 radical (unpaired) electrons. The summed E-state index contributed by atoms with van der Waals surface area (Å²) in [6.45, 7) is 9.10. The lowest BCUT2D eigenvalue weighted by molar-refractivity contribution is 0.0214. The fourth-order valence-electron chi connectivity index (χ4n) is 4.06. The molecule has 0 atom stereocenters. The highest BCUT2D eigenvalue weighted by atomic mass is 35.5. The van der Waals surface area contributed by atoms with Crippen LogP contribution in [0, 0.1) is 12.3 Å². The number of aryl methyl sites for hydroxylation is 1. The van der Waals surface area contributed by atoms with Gasteiger partial charge in [0.15, 0.2) is 22.9 Å². The van der Waals surface area contributed by atoms with E-state index in [2.05, 4.69) is 10.2 Å². The lowest BCUT2D eigenvalue weighted by Gasteiger charge is -2.25. The van der Waals surface area contributed by atoms with E-state index < -0.39 is 0 Å². The molecule has 12 nitrogen and oxygen atoms in total. The molecule has 0 unspecified atom stereocenters. The highest BCUT2D eigenvalue weighted by Gasteiger charge is 2.25. The summed E-state index contributed by atoms with van der Waals surface area (Å²) in [5, 5.41) is 17.6. The maximum Gasteiger partial charge on any atom is 0.242 e. The van der Waals surface area contributed by atoms with Gasteiger partial charge in [0, 0.05) is 44.1 Å². The number of nitrogens with zero attached hydrogens (tertiary/aromatic N) is 4. The first-order valence-electron chi connectivity index (χ1n) is 12.6. The summed E-state index contributed by atoms with van der Waals surface area (Å²) in [7, 11) is 6.32. The van der Waals surface area contributed by atoms with Crippen LogP contribution in [0.5, 0.6) is 17.4 Å². The first-order chi connectivity index (χ1) is 18.5. The Morgan fingerprint density at radius 3 is 2.25 bits per heavy atom. The minimum atomic E-state index is -0.372. The van der Waals surface area contributed by atoms with Crippen molar-refractivity contribution < 1.29 is 33.2 Å². The number of Topliss-reactive ketones (excluding diaryl/α,β-unsaturated/α-hetero) is 1. The van der Waals surface area contributed by atoms with Gasteiger partial charge in [0.25, 0.3) is 0 Å². The predicted octanol–water partition coefficient (Wildman–Crippen LogP) is 2.99. The summed E-state index contributed by atoms with van der Waals surface area (Å²) < 4.78 is 35.6. The minimum Gasteiger partial charge on any atom is -0.493 e. The smallest absolute Gasteiger partial charge is 0.242 e. The minimum absolute atomic E-state index is 0. The van der Waals surface area contributed by atoms with Gasteiger partial charge in [-0.3, -0.25) is 10.2 Å². The molecule has 0 aliphatic heterocycles. The molecular formula is C27H40ClN5O7. The predicted molar refractivity (Wildman–Crippen MR) is 150 cm³/mol. The van der Waals surface area contributed by atoms with Crippen molar-refractivity contribution >= 4 is 23.8 Å². The van der Waals surface area contributed by atoms with Gasteiger partial charge in [-0.15, -0.1) is 22.6 Å². The van der Waals surface area contributed by atoms with Crippen LogP contribution in [0.4, 0.5) is 0 Å². The molecule has 3 aromatic rings. The maximum atomic E-state index is 13.5.